The molecule has 0 saturated carbocycles. The summed E-state index contributed by atoms with van der Waals surface area (Å²) in [7, 11) is 0. The van der Waals surface area contributed by atoms with Crippen molar-refractivity contribution in [3.8, 4) is 0 Å². The lowest BCUT2D eigenvalue weighted by molar-refractivity contribution is -0.144. The number of carbonyl (C=O) groups is 1. The largest absolute Gasteiger partial charge is 0.464 e. The van der Waals surface area contributed by atoms with Gasteiger partial charge in [0.1, 0.15) is 30.7 Å². The monoisotopic (exact) mass is 443 g/mol. The van der Waals surface area contributed by atoms with E-state index in [2.05, 4.69) is 20.3 Å². The van der Waals surface area contributed by atoms with Gasteiger partial charge in [0.15, 0.2) is 23.2 Å². The molecule has 11 nitrogen and oxygen atoms in total. The second kappa shape index (κ2) is 9.57. The Balaban J connectivity index is 1.63. The van der Waals surface area contributed by atoms with Crippen LogP contribution in [0.3, 0.4) is 0 Å². The van der Waals surface area contributed by atoms with Crippen LogP contribution < -0.4 is 5.32 Å². The van der Waals surface area contributed by atoms with Crippen LogP contribution in [0.5, 0.6) is 0 Å². The van der Waals surface area contributed by atoms with Gasteiger partial charge in [0.05, 0.1) is 19.5 Å². The molecule has 11 heteroatoms. The third-order valence-corrected chi connectivity index (χ3v) is 5.31. The van der Waals surface area contributed by atoms with Crippen LogP contribution in [0.2, 0.25) is 0 Å². The Morgan fingerprint density at radius 3 is 2.69 bits per heavy atom. The highest BCUT2D eigenvalue weighted by molar-refractivity contribution is 5.86. The predicted molar refractivity (Wildman–Crippen MR) is 113 cm³/mol. The number of imidazole rings is 1. The Hall–Kier alpha value is -3.12. The first kappa shape index (κ1) is 22.1. The van der Waals surface area contributed by atoms with Crippen molar-refractivity contribution in [3.05, 3.63) is 48.5 Å². The van der Waals surface area contributed by atoms with Crippen molar-refractivity contribution >= 4 is 23.0 Å². The van der Waals surface area contributed by atoms with Gasteiger partial charge in [-0.15, -0.1) is 0 Å². The van der Waals surface area contributed by atoms with Crippen molar-refractivity contribution in [2.75, 3.05) is 18.5 Å². The lowest BCUT2D eigenvalue weighted by atomic mass is 10.1. The fourth-order valence-electron chi connectivity index (χ4n) is 3.70. The highest BCUT2D eigenvalue weighted by Gasteiger charge is 2.44. The third kappa shape index (κ3) is 4.28. The zero-order valence-electron chi connectivity index (χ0n) is 17.4. The van der Waals surface area contributed by atoms with E-state index in [-0.39, 0.29) is 6.61 Å². The smallest absolute Gasteiger partial charge is 0.328 e. The first-order valence-corrected chi connectivity index (χ1v) is 10.3. The van der Waals surface area contributed by atoms with E-state index < -0.39 is 43.2 Å². The van der Waals surface area contributed by atoms with E-state index in [0.29, 0.717) is 23.4 Å². The second-order valence-electron chi connectivity index (χ2n) is 7.41. The van der Waals surface area contributed by atoms with E-state index >= 15 is 0 Å². The molecule has 0 radical (unpaired) electrons. The number of anilines is 1. The van der Waals surface area contributed by atoms with Gasteiger partial charge < -0.3 is 30.1 Å². The quantitative estimate of drug-likeness (QED) is 0.351. The standard InChI is InChI=1S/C21H25N5O6/c1-2-31-21(30)13(8-12-6-4-3-5-7-12)25-18-15-19(23-10-22-18)26(11-24-15)20-17(29)16(28)14(9-27)32-20/h3-7,10-11,13-14,16-17,20,27-29H,2,8-9H2,1H3,(H,22,23,25)/t13-,14-,16-,17-,20-/m1/s1. The van der Waals surface area contributed by atoms with Crippen LogP contribution in [-0.2, 0) is 20.7 Å². The van der Waals surface area contributed by atoms with Crippen LogP contribution in [0.15, 0.2) is 43.0 Å². The number of aliphatic hydroxyl groups excluding tert-OH is 3. The van der Waals surface area contributed by atoms with E-state index in [1.807, 2.05) is 30.3 Å². The Kier molecular flexibility index (Phi) is 6.61. The molecule has 1 aliphatic heterocycles. The minimum Gasteiger partial charge on any atom is -0.464 e. The van der Waals surface area contributed by atoms with Gasteiger partial charge in [-0.2, -0.15) is 0 Å². The number of nitrogens with one attached hydrogen (secondary N) is 1. The molecule has 0 amide bonds. The summed E-state index contributed by atoms with van der Waals surface area (Å²) in [6.45, 7) is 1.54. The van der Waals surface area contributed by atoms with Gasteiger partial charge in [-0.3, -0.25) is 4.57 Å². The highest BCUT2D eigenvalue weighted by Crippen LogP contribution is 2.32. The molecule has 3 heterocycles. The maximum Gasteiger partial charge on any atom is 0.328 e. The molecular weight excluding hydrogens is 418 g/mol. The molecule has 4 rings (SSSR count). The minimum atomic E-state index is -1.28. The van der Waals surface area contributed by atoms with Gasteiger partial charge >= 0.3 is 5.97 Å². The molecule has 0 unspecified atom stereocenters. The van der Waals surface area contributed by atoms with Crippen molar-refractivity contribution in [1.82, 2.24) is 19.5 Å². The van der Waals surface area contributed by atoms with E-state index in [1.165, 1.54) is 17.2 Å². The maximum absolute atomic E-state index is 12.6. The number of nitrogens with zero attached hydrogens (tertiary/aromatic N) is 4. The number of esters is 1. The summed E-state index contributed by atoms with van der Waals surface area (Å²) < 4.78 is 12.3. The third-order valence-electron chi connectivity index (χ3n) is 5.31. The topological polar surface area (TPSA) is 152 Å². The van der Waals surface area contributed by atoms with Gasteiger partial charge in [-0.05, 0) is 12.5 Å². The number of aromatic nitrogens is 4. The van der Waals surface area contributed by atoms with Crippen molar-refractivity contribution in [3.63, 3.8) is 0 Å². The molecule has 4 N–H and O–H groups in total. The molecule has 0 bridgehead atoms. The zero-order valence-corrected chi connectivity index (χ0v) is 17.4. The first-order chi connectivity index (χ1) is 15.5. The molecule has 1 saturated heterocycles. The molecule has 32 heavy (non-hydrogen) atoms. The molecular formula is C21H25N5O6. The number of benzene rings is 1. The molecule has 1 aliphatic rings. The summed E-state index contributed by atoms with van der Waals surface area (Å²) in [6.07, 6.45) is -1.36. The van der Waals surface area contributed by atoms with Gasteiger partial charge in [0.25, 0.3) is 0 Å². The Labute approximate surface area is 183 Å². The van der Waals surface area contributed by atoms with Gasteiger partial charge in [-0.1, -0.05) is 30.3 Å². The Morgan fingerprint density at radius 1 is 1.22 bits per heavy atom. The van der Waals surface area contributed by atoms with Crippen LogP contribution in [0.1, 0.15) is 18.7 Å². The summed E-state index contributed by atoms with van der Waals surface area (Å²) in [5, 5.41) is 32.9. The number of carbonyl (C=O) groups excluding carboxylic acids is 1. The SMILES string of the molecule is CCOC(=O)[C@@H](Cc1ccccc1)Nc1ncnc2c1ncn2[C@@H]1O[C@H](CO)[C@@H](O)[C@H]1O. The predicted octanol–water partition coefficient (Wildman–Crippen LogP) is 0.0241. The minimum absolute atomic E-state index is 0.241. The molecule has 1 aromatic carbocycles. The number of aliphatic hydroxyl groups is 3. The average molecular weight is 443 g/mol. The van der Waals surface area contributed by atoms with Gasteiger partial charge in [-0.25, -0.2) is 19.7 Å². The number of ether oxygens (including phenoxy) is 2. The number of hydrogen-bond donors (Lipinski definition) is 4. The first-order valence-electron chi connectivity index (χ1n) is 10.3. The Bertz CT molecular complexity index is 1060. The van der Waals surface area contributed by atoms with E-state index in [0.717, 1.165) is 5.56 Å². The lowest BCUT2D eigenvalue weighted by Crippen LogP contribution is -2.34. The molecule has 5 atom stereocenters. The molecule has 2 aromatic heterocycles. The normalized spacial score (nSPS) is 23.9. The fourth-order valence-corrected chi connectivity index (χ4v) is 3.70. The highest BCUT2D eigenvalue weighted by atomic mass is 16.6. The molecule has 170 valence electrons. The van der Waals surface area contributed by atoms with E-state index in [4.69, 9.17) is 9.47 Å². The van der Waals surface area contributed by atoms with Crippen LogP contribution in [-0.4, -0.2) is 78.4 Å². The van der Waals surface area contributed by atoms with Crippen molar-refractivity contribution in [2.24, 2.45) is 0 Å². The van der Waals surface area contributed by atoms with Crippen LogP contribution >= 0.6 is 0 Å². The van der Waals surface area contributed by atoms with E-state index in [1.54, 1.807) is 6.92 Å². The fraction of sp³-hybridized carbons (Fsp3) is 0.429. The van der Waals surface area contributed by atoms with Crippen LogP contribution in [0, 0.1) is 0 Å². The van der Waals surface area contributed by atoms with Crippen molar-refractivity contribution in [1.29, 1.82) is 0 Å². The summed E-state index contributed by atoms with van der Waals surface area (Å²) in [4.78, 5) is 25.4. The number of rotatable bonds is 8. The summed E-state index contributed by atoms with van der Waals surface area (Å²) in [6, 6.07) is 8.80. The number of hydrogen-bond acceptors (Lipinski definition) is 10. The van der Waals surface area contributed by atoms with Gasteiger partial charge in [0, 0.05) is 6.42 Å². The van der Waals surface area contributed by atoms with Gasteiger partial charge in [0.2, 0.25) is 0 Å². The second-order valence-corrected chi connectivity index (χ2v) is 7.41. The van der Waals surface area contributed by atoms with Crippen molar-refractivity contribution < 1.29 is 29.6 Å². The van der Waals surface area contributed by atoms with Crippen LogP contribution in [0.4, 0.5) is 5.82 Å². The number of fused-ring (bicyclic) bond motifs is 1. The van der Waals surface area contributed by atoms with Crippen LogP contribution in [0.25, 0.3) is 11.2 Å². The lowest BCUT2D eigenvalue weighted by Gasteiger charge is -2.19. The summed E-state index contributed by atoms with van der Waals surface area (Å²) in [5.41, 5.74) is 1.63. The summed E-state index contributed by atoms with van der Waals surface area (Å²) in [5.74, 6) is -0.111. The molecule has 0 aliphatic carbocycles. The Morgan fingerprint density at radius 2 is 2.00 bits per heavy atom. The summed E-state index contributed by atoms with van der Waals surface area (Å²) >= 11 is 0. The maximum atomic E-state index is 12.6. The van der Waals surface area contributed by atoms with Crippen molar-refractivity contribution in [2.45, 2.75) is 43.9 Å². The molecule has 0 spiro atoms. The molecule has 3 aromatic rings. The van der Waals surface area contributed by atoms with E-state index in [9.17, 15) is 20.1 Å². The molecule has 1 fully saturated rings. The zero-order chi connectivity index (χ0) is 22.7. The average Bonchev–Trinajstić information content (AvgIpc) is 3.36.